The van der Waals surface area contributed by atoms with Crippen molar-refractivity contribution in [3.05, 3.63) is 0 Å². The molecule has 0 aromatic heterocycles. The number of hydrogen-bond acceptors (Lipinski definition) is 4. The zero-order valence-corrected chi connectivity index (χ0v) is 13.4. The molecule has 1 saturated carbocycles. The largest absolute Gasteiger partial charge is 0.389 e. The molecule has 118 valence electrons. The van der Waals surface area contributed by atoms with Gasteiger partial charge in [-0.25, -0.2) is 0 Å². The maximum atomic E-state index is 11.3. The lowest BCUT2D eigenvalue weighted by atomic mass is 9.89. The summed E-state index contributed by atoms with van der Waals surface area (Å²) in [6.07, 6.45) is 6.66. The van der Waals surface area contributed by atoms with Gasteiger partial charge in [-0.05, 0) is 31.6 Å². The van der Waals surface area contributed by atoms with Gasteiger partial charge >= 0.3 is 0 Å². The highest BCUT2D eigenvalue weighted by atomic mass is 32.2. The van der Waals surface area contributed by atoms with Crippen LogP contribution >= 0.6 is 0 Å². The normalized spacial score (nSPS) is 36.7. The van der Waals surface area contributed by atoms with Crippen molar-refractivity contribution in [1.29, 1.82) is 0 Å². The van der Waals surface area contributed by atoms with Gasteiger partial charge in [0.25, 0.3) is 0 Å². The topological polar surface area (TPSA) is 58.6 Å². The van der Waals surface area contributed by atoms with Gasteiger partial charge in [0.05, 0.1) is 18.8 Å². The quantitative estimate of drug-likeness (QED) is 0.779. The Balaban J connectivity index is 1.56. The van der Waals surface area contributed by atoms with Crippen LogP contribution in [0.4, 0.5) is 0 Å². The van der Waals surface area contributed by atoms with Crippen molar-refractivity contribution >= 4 is 10.8 Å². The minimum Gasteiger partial charge on any atom is -0.389 e. The number of aliphatic hydroxyl groups is 1. The van der Waals surface area contributed by atoms with Gasteiger partial charge in [-0.2, -0.15) is 0 Å². The van der Waals surface area contributed by atoms with E-state index in [2.05, 4.69) is 12.2 Å². The number of hydrogen-bond donors (Lipinski definition) is 2. The monoisotopic (exact) mass is 303 g/mol. The van der Waals surface area contributed by atoms with Crippen LogP contribution in [0, 0.1) is 5.92 Å². The van der Waals surface area contributed by atoms with E-state index in [-0.39, 0.29) is 0 Å². The lowest BCUT2D eigenvalue weighted by Crippen LogP contribution is -2.41. The first kappa shape index (κ1) is 16.4. The van der Waals surface area contributed by atoms with Crippen LogP contribution in [0.15, 0.2) is 0 Å². The summed E-state index contributed by atoms with van der Waals surface area (Å²) in [5.41, 5.74) is 0. The molecular weight excluding hydrogens is 274 g/mol. The SMILES string of the molecule is CC1CCCC(OCC(O)CNC2CCS(=O)CC2)C1. The molecule has 2 rings (SSSR count). The first-order chi connectivity index (χ1) is 9.63. The molecule has 0 amide bonds. The maximum absolute atomic E-state index is 11.3. The minimum absolute atomic E-state index is 0.338. The molecular formula is C15H29NO3S. The molecule has 5 heteroatoms. The molecule has 2 fully saturated rings. The molecule has 2 N–H and O–H groups in total. The third-order valence-electron chi connectivity index (χ3n) is 4.44. The van der Waals surface area contributed by atoms with Gasteiger partial charge in [-0.3, -0.25) is 4.21 Å². The van der Waals surface area contributed by atoms with E-state index in [9.17, 15) is 9.32 Å². The van der Waals surface area contributed by atoms with Crippen LogP contribution in [-0.4, -0.2) is 52.2 Å². The Hall–Kier alpha value is 0.0300. The third kappa shape index (κ3) is 5.80. The van der Waals surface area contributed by atoms with Crippen LogP contribution in [0.25, 0.3) is 0 Å². The highest BCUT2D eigenvalue weighted by Gasteiger charge is 2.21. The summed E-state index contributed by atoms with van der Waals surface area (Å²) in [6, 6.07) is 0.414. The summed E-state index contributed by atoms with van der Waals surface area (Å²) >= 11 is 0. The second kappa shape index (κ2) is 8.47. The summed E-state index contributed by atoms with van der Waals surface area (Å²) in [5, 5.41) is 13.4. The van der Waals surface area contributed by atoms with Crippen molar-refractivity contribution in [2.24, 2.45) is 5.92 Å². The molecule has 0 spiro atoms. The highest BCUT2D eigenvalue weighted by molar-refractivity contribution is 7.85. The van der Waals surface area contributed by atoms with E-state index >= 15 is 0 Å². The zero-order valence-electron chi connectivity index (χ0n) is 12.6. The average Bonchev–Trinajstić information content (AvgIpc) is 2.45. The summed E-state index contributed by atoms with van der Waals surface area (Å²) in [4.78, 5) is 0. The van der Waals surface area contributed by atoms with Gasteiger partial charge in [-0.1, -0.05) is 19.8 Å². The molecule has 1 aliphatic carbocycles. The van der Waals surface area contributed by atoms with Crippen LogP contribution in [-0.2, 0) is 15.5 Å². The van der Waals surface area contributed by atoms with Crippen LogP contribution in [0.1, 0.15) is 45.4 Å². The van der Waals surface area contributed by atoms with E-state index in [1.54, 1.807) is 0 Å². The Bertz CT molecular complexity index is 303. The molecule has 3 atom stereocenters. The lowest BCUT2D eigenvalue weighted by Gasteiger charge is -2.28. The first-order valence-corrected chi connectivity index (χ1v) is 9.50. The number of ether oxygens (including phenoxy) is 1. The van der Waals surface area contributed by atoms with E-state index in [4.69, 9.17) is 4.74 Å². The molecule has 1 saturated heterocycles. The van der Waals surface area contributed by atoms with E-state index in [0.29, 0.717) is 25.3 Å². The Morgan fingerprint density at radius 3 is 2.75 bits per heavy atom. The van der Waals surface area contributed by atoms with Crippen molar-refractivity contribution in [3.8, 4) is 0 Å². The van der Waals surface area contributed by atoms with E-state index in [1.807, 2.05) is 0 Å². The Labute approximate surface area is 125 Å². The second-order valence-corrected chi connectivity index (χ2v) is 8.11. The second-order valence-electron chi connectivity index (χ2n) is 6.41. The van der Waals surface area contributed by atoms with Gasteiger partial charge in [0.1, 0.15) is 0 Å². The molecule has 0 bridgehead atoms. The number of aliphatic hydroxyl groups excluding tert-OH is 1. The summed E-state index contributed by atoms with van der Waals surface area (Å²) in [7, 11) is -0.613. The fraction of sp³-hybridized carbons (Fsp3) is 1.00. The Kier molecular flexibility index (Phi) is 6.94. The predicted molar refractivity (Wildman–Crippen MR) is 82.3 cm³/mol. The summed E-state index contributed by atoms with van der Waals surface area (Å²) < 4.78 is 17.1. The van der Waals surface area contributed by atoms with Gasteiger partial charge in [-0.15, -0.1) is 0 Å². The van der Waals surface area contributed by atoms with Crippen molar-refractivity contribution in [1.82, 2.24) is 5.32 Å². The molecule has 0 radical (unpaired) electrons. The molecule has 20 heavy (non-hydrogen) atoms. The summed E-state index contributed by atoms with van der Waals surface area (Å²) in [5.74, 6) is 2.35. The fourth-order valence-corrected chi connectivity index (χ4v) is 4.44. The smallest absolute Gasteiger partial charge is 0.0897 e. The number of rotatable bonds is 6. The van der Waals surface area contributed by atoms with Crippen LogP contribution in [0.2, 0.25) is 0 Å². The zero-order chi connectivity index (χ0) is 14.4. The molecule has 0 aromatic carbocycles. The van der Waals surface area contributed by atoms with E-state index < -0.39 is 16.9 Å². The predicted octanol–water partition coefficient (Wildman–Crippen LogP) is 1.44. The van der Waals surface area contributed by atoms with Gasteiger partial charge < -0.3 is 15.2 Å². The van der Waals surface area contributed by atoms with Gasteiger partial charge in [0.2, 0.25) is 0 Å². The fourth-order valence-electron chi connectivity index (χ4n) is 3.14. The van der Waals surface area contributed by atoms with Gasteiger partial charge in [0, 0.05) is 34.9 Å². The first-order valence-electron chi connectivity index (χ1n) is 8.01. The van der Waals surface area contributed by atoms with Crippen LogP contribution < -0.4 is 5.32 Å². The molecule has 0 aromatic rings. The maximum Gasteiger partial charge on any atom is 0.0897 e. The van der Waals surface area contributed by atoms with Crippen molar-refractivity contribution in [2.75, 3.05) is 24.7 Å². The minimum atomic E-state index is -0.613. The average molecular weight is 303 g/mol. The molecule has 1 heterocycles. The molecule has 4 nitrogen and oxygen atoms in total. The van der Waals surface area contributed by atoms with Crippen molar-refractivity contribution < 1.29 is 14.1 Å². The Morgan fingerprint density at radius 2 is 2.05 bits per heavy atom. The Morgan fingerprint density at radius 1 is 1.30 bits per heavy atom. The van der Waals surface area contributed by atoms with Crippen LogP contribution in [0.5, 0.6) is 0 Å². The standard InChI is InChI=1S/C15H29NO3S/c1-12-3-2-4-15(9-12)19-11-14(17)10-16-13-5-7-20(18)8-6-13/h12-17H,2-11H2,1H3. The molecule has 2 aliphatic rings. The van der Waals surface area contributed by atoms with Gasteiger partial charge in [0.15, 0.2) is 0 Å². The summed E-state index contributed by atoms with van der Waals surface area (Å²) in [6.45, 7) is 3.29. The van der Waals surface area contributed by atoms with Crippen molar-refractivity contribution in [2.45, 2.75) is 63.7 Å². The van der Waals surface area contributed by atoms with E-state index in [0.717, 1.165) is 43.1 Å². The van der Waals surface area contributed by atoms with E-state index in [1.165, 1.54) is 12.8 Å². The molecule has 3 unspecified atom stereocenters. The third-order valence-corrected chi connectivity index (χ3v) is 5.82. The van der Waals surface area contributed by atoms with Crippen LogP contribution in [0.3, 0.4) is 0 Å². The van der Waals surface area contributed by atoms with Crippen molar-refractivity contribution in [3.63, 3.8) is 0 Å². The lowest BCUT2D eigenvalue weighted by molar-refractivity contribution is -0.0312. The molecule has 1 aliphatic heterocycles. The highest BCUT2D eigenvalue weighted by Crippen LogP contribution is 2.25. The number of nitrogens with one attached hydrogen (secondary N) is 1.